The van der Waals surface area contributed by atoms with Gasteiger partial charge in [-0.05, 0) is 42.3 Å². The topological polar surface area (TPSA) is 86.8 Å². The molecular weight excluding hydrogens is 541 g/mol. The molecule has 0 aliphatic carbocycles. The summed E-state index contributed by atoms with van der Waals surface area (Å²) in [6.45, 7) is 0.926. The number of carbonyl (C=O) groups is 2. The van der Waals surface area contributed by atoms with Crippen LogP contribution in [0.2, 0.25) is 0 Å². The van der Waals surface area contributed by atoms with Crippen molar-refractivity contribution < 1.29 is 22.4 Å². The molecule has 0 radical (unpaired) electrons. The van der Waals surface area contributed by atoms with Gasteiger partial charge in [0.15, 0.2) is 0 Å². The Hall–Kier alpha value is -4.50. The number of rotatable bonds is 11. The Morgan fingerprint density at radius 2 is 1.41 bits per heavy atom. The molecule has 1 N–H and O–H groups in total. The van der Waals surface area contributed by atoms with Crippen molar-refractivity contribution in [3.8, 4) is 0 Å². The van der Waals surface area contributed by atoms with Gasteiger partial charge in [0.1, 0.15) is 18.4 Å². The molecule has 0 bridgehead atoms. The summed E-state index contributed by atoms with van der Waals surface area (Å²) in [7, 11) is -2.72. The van der Waals surface area contributed by atoms with Gasteiger partial charge in [0, 0.05) is 25.6 Å². The number of anilines is 1. The average molecular weight is 574 g/mol. The third kappa shape index (κ3) is 6.99. The molecule has 0 heterocycles. The van der Waals surface area contributed by atoms with Crippen molar-refractivity contribution >= 4 is 27.5 Å². The predicted octanol–water partition coefficient (Wildman–Crippen LogP) is 4.72. The Labute approximate surface area is 240 Å². The first-order valence-electron chi connectivity index (χ1n) is 13.1. The van der Waals surface area contributed by atoms with Crippen molar-refractivity contribution in [2.45, 2.75) is 30.8 Å². The van der Waals surface area contributed by atoms with Crippen LogP contribution in [0.5, 0.6) is 0 Å². The van der Waals surface area contributed by atoms with E-state index < -0.39 is 40.2 Å². The molecule has 4 rings (SSSR count). The molecule has 0 fully saturated rings. The van der Waals surface area contributed by atoms with Crippen LogP contribution >= 0.6 is 0 Å². The zero-order valence-electron chi connectivity index (χ0n) is 22.9. The van der Waals surface area contributed by atoms with Gasteiger partial charge < -0.3 is 10.2 Å². The molecule has 0 saturated carbocycles. The number of hydrogen-bond donors (Lipinski definition) is 1. The summed E-state index contributed by atoms with van der Waals surface area (Å²) in [6.07, 6.45) is 0.149. The van der Waals surface area contributed by atoms with E-state index in [1.54, 1.807) is 61.5 Å². The number of aryl methyl sites for hydroxylation is 1. The molecule has 0 aromatic heterocycles. The monoisotopic (exact) mass is 573 g/mol. The summed E-state index contributed by atoms with van der Waals surface area (Å²) >= 11 is 0. The van der Waals surface area contributed by atoms with Crippen LogP contribution in [0.25, 0.3) is 0 Å². The summed E-state index contributed by atoms with van der Waals surface area (Å²) in [5.41, 5.74) is 1.97. The fourth-order valence-corrected chi connectivity index (χ4v) is 6.11. The number of nitrogens with one attached hydrogen (secondary N) is 1. The number of carbonyl (C=O) groups excluding carboxylic acids is 2. The summed E-state index contributed by atoms with van der Waals surface area (Å²) in [5, 5.41) is 2.61. The smallest absolute Gasteiger partial charge is 0.264 e. The van der Waals surface area contributed by atoms with Crippen molar-refractivity contribution in [3.05, 3.63) is 132 Å². The normalized spacial score (nSPS) is 11.9. The number of nitrogens with zero attached hydrogens (tertiary/aromatic N) is 2. The molecule has 1 unspecified atom stereocenters. The summed E-state index contributed by atoms with van der Waals surface area (Å²) in [5.74, 6) is -1.64. The Bertz CT molecular complexity index is 1600. The first-order chi connectivity index (χ1) is 19.7. The van der Waals surface area contributed by atoms with E-state index in [9.17, 15) is 22.4 Å². The maximum Gasteiger partial charge on any atom is 0.264 e. The molecule has 9 heteroatoms. The van der Waals surface area contributed by atoms with E-state index in [-0.39, 0.29) is 23.4 Å². The third-order valence-electron chi connectivity index (χ3n) is 6.81. The van der Waals surface area contributed by atoms with Crippen molar-refractivity contribution in [1.29, 1.82) is 0 Å². The minimum Gasteiger partial charge on any atom is -0.357 e. The van der Waals surface area contributed by atoms with Crippen LogP contribution < -0.4 is 9.62 Å². The van der Waals surface area contributed by atoms with Crippen molar-refractivity contribution in [2.24, 2.45) is 0 Å². The number of benzene rings is 4. The highest BCUT2D eigenvalue weighted by Gasteiger charge is 2.35. The second-order valence-electron chi connectivity index (χ2n) is 9.54. The van der Waals surface area contributed by atoms with Gasteiger partial charge >= 0.3 is 0 Å². The lowest BCUT2D eigenvalue weighted by Gasteiger charge is -2.34. The highest BCUT2D eigenvalue weighted by atomic mass is 32.2. The standard InChI is InChI=1S/C32H32FN3O4S/c1-24-13-9-12-20-29(24)36(41(39,40)27-17-7-4-8-18-27)23-31(37)35(22-26-16-10-11-19-28(26)33)30(32(38)34-2)21-25-14-5-3-6-15-25/h3-20,30H,21-23H2,1-2H3,(H,34,38). The minimum atomic E-state index is -4.19. The molecule has 41 heavy (non-hydrogen) atoms. The maximum atomic E-state index is 14.8. The first kappa shape index (κ1) is 29.5. The number of para-hydroxylation sites is 1. The second-order valence-corrected chi connectivity index (χ2v) is 11.4. The molecule has 0 aliphatic rings. The van der Waals surface area contributed by atoms with Crippen LogP contribution in [0.1, 0.15) is 16.7 Å². The van der Waals surface area contributed by atoms with Crippen molar-refractivity contribution in [3.63, 3.8) is 0 Å². The summed E-state index contributed by atoms with van der Waals surface area (Å²) < 4.78 is 43.7. The number of amides is 2. The summed E-state index contributed by atoms with van der Waals surface area (Å²) in [6, 6.07) is 28.8. The van der Waals surface area contributed by atoms with Crippen LogP contribution in [-0.2, 0) is 32.6 Å². The minimum absolute atomic E-state index is 0.0174. The number of hydrogen-bond acceptors (Lipinski definition) is 4. The molecule has 4 aromatic carbocycles. The van der Waals surface area contributed by atoms with Gasteiger partial charge in [0.2, 0.25) is 11.8 Å². The van der Waals surface area contributed by atoms with Crippen LogP contribution in [0.3, 0.4) is 0 Å². The van der Waals surface area contributed by atoms with Crippen molar-refractivity contribution in [1.82, 2.24) is 10.2 Å². The molecule has 0 aliphatic heterocycles. The van der Waals surface area contributed by atoms with Gasteiger partial charge in [-0.25, -0.2) is 12.8 Å². The third-order valence-corrected chi connectivity index (χ3v) is 8.58. The van der Waals surface area contributed by atoms with Crippen molar-refractivity contribution in [2.75, 3.05) is 17.9 Å². The van der Waals surface area contributed by atoms with E-state index >= 15 is 0 Å². The van der Waals surface area contributed by atoms with Gasteiger partial charge in [0.25, 0.3) is 10.0 Å². The molecule has 212 valence electrons. The fourth-order valence-electron chi connectivity index (χ4n) is 4.61. The van der Waals surface area contributed by atoms with Gasteiger partial charge in [-0.15, -0.1) is 0 Å². The SMILES string of the molecule is CNC(=O)C(Cc1ccccc1)N(Cc1ccccc1F)C(=O)CN(c1ccccc1C)S(=O)(=O)c1ccccc1. The van der Waals surface area contributed by atoms with E-state index in [1.807, 2.05) is 30.3 Å². The van der Waals surface area contributed by atoms with Crippen LogP contribution in [-0.4, -0.2) is 44.8 Å². The Morgan fingerprint density at radius 1 is 0.829 bits per heavy atom. The molecule has 1 atom stereocenters. The lowest BCUT2D eigenvalue weighted by atomic mass is 10.0. The maximum absolute atomic E-state index is 14.8. The second kappa shape index (κ2) is 13.2. The zero-order chi connectivity index (χ0) is 29.4. The quantitative estimate of drug-likeness (QED) is 0.282. The number of sulfonamides is 1. The predicted molar refractivity (Wildman–Crippen MR) is 157 cm³/mol. The van der Waals surface area contributed by atoms with Gasteiger partial charge in [0.05, 0.1) is 10.6 Å². The Morgan fingerprint density at radius 3 is 2.05 bits per heavy atom. The van der Waals surface area contributed by atoms with E-state index in [4.69, 9.17) is 0 Å². The molecular formula is C32H32FN3O4S. The highest BCUT2D eigenvalue weighted by Crippen LogP contribution is 2.27. The summed E-state index contributed by atoms with van der Waals surface area (Å²) in [4.78, 5) is 28.7. The van der Waals surface area contributed by atoms with E-state index in [1.165, 1.54) is 36.2 Å². The molecule has 0 saturated heterocycles. The van der Waals surface area contributed by atoms with Gasteiger partial charge in [-0.2, -0.15) is 0 Å². The fraction of sp³-hybridized carbons (Fsp3) is 0.188. The molecule has 0 spiro atoms. The lowest BCUT2D eigenvalue weighted by molar-refractivity contribution is -0.139. The van der Waals surface area contributed by atoms with Gasteiger partial charge in [-0.1, -0.05) is 84.9 Å². The molecule has 2 amide bonds. The zero-order valence-corrected chi connectivity index (χ0v) is 23.7. The number of likely N-dealkylation sites (N-methyl/N-ethyl adjacent to an activating group) is 1. The first-order valence-corrected chi connectivity index (χ1v) is 14.6. The lowest BCUT2D eigenvalue weighted by Crippen LogP contribution is -2.53. The van der Waals surface area contributed by atoms with E-state index in [0.29, 0.717) is 11.3 Å². The van der Waals surface area contributed by atoms with E-state index in [0.717, 1.165) is 9.87 Å². The van der Waals surface area contributed by atoms with Gasteiger partial charge in [-0.3, -0.25) is 13.9 Å². The Kier molecular flexibility index (Phi) is 9.52. The Balaban J connectivity index is 1.80. The molecule has 7 nitrogen and oxygen atoms in total. The van der Waals surface area contributed by atoms with Crippen LogP contribution in [0.4, 0.5) is 10.1 Å². The van der Waals surface area contributed by atoms with Crippen LogP contribution in [0.15, 0.2) is 114 Å². The largest absolute Gasteiger partial charge is 0.357 e. The van der Waals surface area contributed by atoms with E-state index in [2.05, 4.69) is 5.32 Å². The molecule has 4 aromatic rings. The average Bonchev–Trinajstić information content (AvgIpc) is 2.99. The van der Waals surface area contributed by atoms with Crippen LogP contribution in [0, 0.1) is 12.7 Å². The number of halogens is 1. The highest BCUT2D eigenvalue weighted by molar-refractivity contribution is 7.92.